The molecule has 0 radical (unpaired) electrons. The van der Waals surface area contributed by atoms with E-state index in [1.165, 1.54) is 4.57 Å². The lowest BCUT2D eigenvalue weighted by molar-refractivity contribution is -0.689. The maximum atomic E-state index is 10.7. The molecule has 0 atom stereocenters. The maximum Gasteiger partial charge on any atom is 0.495 e. The average Bonchev–Trinajstić information content (AvgIpc) is 1.80. The Bertz CT molecular complexity index is 269. The molecule has 1 N–H and O–H groups in total. The summed E-state index contributed by atoms with van der Waals surface area (Å²) >= 11 is 0. The second-order valence-electron chi connectivity index (χ2n) is 2.04. The van der Waals surface area contributed by atoms with E-state index in [1.54, 1.807) is 13.2 Å². The average molecular weight is 161 g/mol. The van der Waals surface area contributed by atoms with Gasteiger partial charge in [-0.05, 0) is 6.92 Å². The third-order valence-corrected chi connectivity index (χ3v) is 1.17. The van der Waals surface area contributed by atoms with E-state index in [0.717, 1.165) is 5.69 Å². The van der Waals surface area contributed by atoms with Gasteiger partial charge in [0.15, 0.2) is 0 Å². The topological polar surface area (TPSA) is 36.7 Å². The van der Waals surface area contributed by atoms with Crippen LogP contribution in [0.5, 0.6) is 0 Å². The van der Waals surface area contributed by atoms with Crippen molar-refractivity contribution in [2.45, 2.75) is 6.92 Å². The van der Waals surface area contributed by atoms with Gasteiger partial charge in [0.2, 0.25) is 0 Å². The molecule has 56 valence electrons. The molecule has 1 aromatic rings. The fourth-order valence-corrected chi connectivity index (χ4v) is 0.590. The quantitative estimate of drug-likeness (QED) is 0.393. The predicted octanol–water partition coefficient (Wildman–Crippen LogP) is -3.49. The number of hydrogen-bond donors (Lipinski definition) is 1. The van der Waals surface area contributed by atoms with Crippen molar-refractivity contribution in [3.63, 3.8) is 0 Å². The van der Waals surface area contributed by atoms with E-state index < -0.39 is 0 Å². The molecule has 0 saturated carbocycles. The minimum atomic E-state index is -0.0741. The zero-order valence-electron chi connectivity index (χ0n) is 5.89. The molecule has 10 heavy (non-hydrogen) atoms. The molecule has 0 fully saturated rings. The SMILES string of the molecule is Cc1cc[n+](C)c(=O)[nH]1.[Cl-]. The highest BCUT2D eigenvalue weighted by atomic mass is 35.5. The molecule has 3 nitrogen and oxygen atoms in total. The van der Waals surface area contributed by atoms with Crippen LogP contribution in [0.3, 0.4) is 0 Å². The van der Waals surface area contributed by atoms with Gasteiger partial charge < -0.3 is 12.4 Å². The summed E-state index contributed by atoms with van der Waals surface area (Å²) in [6.07, 6.45) is 1.73. The number of aromatic nitrogens is 2. The van der Waals surface area contributed by atoms with Crippen LogP contribution in [-0.4, -0.2) is 4.98 Å². The molecule has 0 amide bonds. The smallest absolute Gasteiger partial charge is 0.495 e. The third kappa shape index (κ3) is 1.84. The second kappa shape index (κ2) is 3.37. The lowest BCUT2D eigenvalue weighted by Crippen LogP contribution is -3.00. The van der Waals surface area contributed by atoms with Crippen LogP contribution in [-0.2, 0) is 7.05 Å². The minimum Gasteiger partial charge on any atom is -1.00 e. The number of aryl methyl sites for hydroxylation is 2. The fraction of sp³-hybridized carbons (Fsp3) is 0.333. The number of rotatable bonds is 0. The van der Waals surface area contributed by atoms with Gasteiger partial charge in [-0.15, -0.1) is 0 Å². The first kappa shape index (κ1) is 9.17. The Labute approximate surface area is 65.1 Å². The van der Waals surface area contributed by atoms with Gasteiger partial charge >= 0.3 is 5.69 Å². The zero-order valence-corrected chi connectivity index (χ0v) is 6.64. The lowest BCUT2D eigenvalue weighted by Gasteiger charge is -1.85. The second-order valence-corrected chi connectivity index (χ2v) is 2.04. The molecule has 0 aromatic carbocycles. The molecule has 1 rings (SSSR count). The molecule has 4 heteroatoms. The summed E-state index contributed by atoms with van der Waals surface area (Å²) in [6, 6.07) is 1.85. The van der Waals surface area contributed by atoms with Crippen LogP contribution in [0.1, 0.15) is 5.69 Å². The lowest BCUT2D eigenvalue weighted by atomic mass is 10.5. The van der Waals surface area contributed by atoms with Crippen molar-refractivity contribution in [3.05, 3.63) is 28.4 Å². The minimum absolute atomic E-state index is 0. The normalized spacial score (nSPS) is 8.60. The number of hydrogen-bond acceptors (Lipinski definition) is 1. The third-order valence-electron chi connectivity index (χ3n) is 1.17. The first-order valence-corrected chi connectivity index (χ1v) is 2.76. The molecule has 1 aromatic heterocycles. The number of halogens is 1. The van der Waals surface area contributed by atoms with Crippen molar-refractivity contribution in [3.8, 4) is 0 Å². The van der Waals surface area contributed by atoms with Crippen LogP contribution >= 0.6 is 0 Å². The van der Waals surface area contributed by atoms with Gasteiger partial charge in [0.05, 0.1) is 13.2 Å². The van der Waals surface area contributed by atoms with E-state index in [-0.39, 0.29) is 18.1 Å². The number of aromatic amines is 1. The molecule has 0 bridgehead atoms. The molecule has 0 aliphatic heterocycles. The summed E-state index contributed by atoms with van der Waals surface area (Å²) < 4.78 is 1.49. The Kier molecular flexibility index (Phi) is 3.09. The van der Waals surface area contributed by atoms with Gasteiger partial charge in [-0.25, -0.2) is 9.55 Å². The van der Waals surface area contributed by atoms with Gasteiger partial charge in [-0.2, -0.15) is 4.79 Å². The van der Waals surface area contributed by atoms with Gasteiger partial charge in [0.25, 0.3) is 0 Å². The summed E-state index contributed by atoms with van der Waals surface area (Å²) in [5, 5.41) is 0. The highest BCUT2D eigenvalue weighted by molar-refractivity contribution is 4.89. The Balaban J connectivity index is 0.000000810. The number of H-pyrrole nitrogens is 1. The van der Waals surface area contributed by atoms with Crippen molar-refractivity contribution in [1.82, 2.24) is 4.98 Å². The predicted molar refractivity (Wildman–Crippen MR) is 33.0 cm³/mol. The maximum absolute atomic E-state index is 10.7. The molecule has 0 aliphatic carbocycles. The molecule has 0 aliphatic rings. The molecule has 0 unspecified atom stereocenters. The van der Waals surface area contributed by atoms with Crippen LogP contribution in [0.4, 0.5) is 0 Å². The van der Waals surface area contributed by atoms with Crippen LogP contribution in [0, 0.1) is 6.92 Å². The Hall–Kier alpha value is -0.830. The molecule has 0 spiro atoms. The monoisotopic (exact) mass is 160 g/mol. The Morgan fingerprint density at radius 2 is 2.20 bits per heavy atom. The van der Waals surface area contributed by atoms with Gasteiger partial charge in [-0.1, -0.05) is 0 Å². The van der Waals surface area contributed by atoms with Crippen LogP contribution in [0.15, 0.2) is 17.1 Å². The van der Waals surface area contributed by atoms with E-state index in [4.69, 9.17) is 0 Å². The van der Waals surface area contributed by atoms with Crippen LogP contribution < -0.4 is 22.7 Å². The highest BCUT2D eigenvalue weighted by Gasteiger charge is 1.95. The van der Waals surface area contributed by atoms with E-state index in [9.17, 15) is 4.79 Å². The van der Waals surface area contributed by atoms with E-state index in [2.05, 4.69) is 4.98 Å². The van der Waals surface area contributed by atoms with Crippen molar-refractivity contribution in [2.24, 2.45) is 7.05 Å². The summed E-state index contributed by atoms with van der Waals surface area (Å²) in [5.41, 5.74) is 0.813. The molecule has 0 saturated heterocycles. The van der Waals surface area contributed by atoms with Gasteiger partial charge in [0, 0.05) is 6.07 Å². The Morgan fingerprint density at radius 3 is 2.60 bits per heavy atom. The fourth-order valence-electron chi connectivity index (χ4n) is 0.590. The standard InChI is InChI=1S/C6H8N2O.ClH/c1-5-3-4-8(2)6(9)7-5;/h3-4H,1-2H3;1H. The summed E-state index contributed by atoms with van der Waals surface area (Å²) in [5.74, 6) is 0. The molecule has 1 heterocycles. The summed E-state index contributed by atoms with van der Waals surface area (Å²) in [6.45, 7) is 1.85. The summed E-state index contributed by atoms with van der Waals surface area (Å²) in [7, 11) is 1.71. The number of nitrogens with one attached hydrogen (secondary N) is 1. The van der Waals surface area contributed by atoms with E-state index >= 15 is 0 Å². The highest BCUT2D eigenvalue weighted by Crippen LogP contribution is 1.77. The first-order chi connectivity index (χ1) is 4.20. The Morgan fingerprint density at radius 1 is 1.60 bits per heavy atom. The van der Waals surface area contributed by atoms with E-state index in [0.29, 0.717) is 0 Å². The molecular formula is C6H9ClN2O. The van der Waals surface area contributed by atoms with Crippen molar-refractivity contribution < 1.29 is 17.0 Å². The van der Waals surface area contributed by atoms with Crippen LogP contribution in [0.2, 0.25) is 0 Å². The number of nitrogens with zero attached hydrogens (tertiary/aromatic N) is 1. The van der Waals surface area contributed by atoms with Crippen LogP contribution in [0.25, 0.3) is 0 Å². The largest absolute Gasteiger partial charge is 1.00 e. The summed E-state index contributed by atoms with van der Waals surface area (Å²) in [4.78, 5) is 13.4. The van der Waals surface area contributed by atoms with Crippen molar-refractivity contribution in [2.75, 3.05) is 0 Å². The van der Waals surface area contributed by atoms with Gasteiger partial charge in [-0.3, -0.25) is 0 Å². The van der Waals surface area contributed by atoms with E-state index in [1.807, 2.05) is 13.0 Å². The van der Waals surface area contributed by atoms with Crippen molar-refractivity contribution >= 4 is 0 Å². The van der Waals surface area contributed by atoms with Gasteiger partial charge in [0.1, 0.15) is 5.69 Å². The zero-order chi connectivity index (χ0) is 6.85. The molecular weight excluding hydrogens is 152 g/mol. The first-order valence-electron chi connectivity index (χ1n) is 2.76. The van der Waals surface area contributed by atoms with Crippen molar-refractivity contribution in [1.29, 1.82) is 0 Å².